The lowest BCUT2D eigenvalue weighted by atomic mass is 10.2. The molecule has 0 saturated heterocycles. The first-order valence-corrected chi connectivity index (χ1v) is 8.50. The Balaban J connectivity index is 1.88. The lowest BCUT2D eigenvalue weighted by molar-refractivity contribution is 0.533. The third kappa shape index (κ3) is 3.30. The fourth-order valence-corrected chi connectivity index (χ4v) is 3.35. The van der Waals surface area contributed by atoms with Crippen LogP contribution >= 0.6 is 22.9 Å². The summed E-state index contributed by atoms with van der Waals surface area (Å²) in [6.45, 7) is 2.79. The molecule has 0 spiro atoms. The van der Waals surface area contributed by atoms with E-state index in [9.17, 15) is 4.79 Å². The van der Waals surface area contributed by atoms with Gasteiger partial charge in [0, 0.05) is 11.4 Å². The first-order valence-electron chi connectivity index (χ1n) is 7.24. The van der Waals surface area contributed by atoms with Crippen LogP contribution in [0.5, 0.6) is 0 Å². The Bertz CT molecular complexity index is 664. The average molecular weight is 324 g/mol. The molecular formula is C15H18ClN3OS. The number of nitrogens with zero attached hydrogens (tertiary/aromatic N) is 2. The van der Waals surface area contributed by atoms with Gasteiger partial charge < -0.3 is 5.32 Å². The van der Waals surface area contributed by atoms with Crippen molar-refractivity contribution in [3.05, 3.63) is 44.0 Å². The molecule has 1 unspecified atom stereocenters. The smallest absolute Gasteiger partial charge is 0.291 e. The van der Waals surface area contributed by atoms with E-state index in [0.29, 0.717) is 23.2 Å². The van der Waals surface area contributed by atoms with Crippen LogP contribution in [-0.2, 0) is 6.54 Å². The van der Waals surface area contributed by atoms with Crippen LogP contribution in [0.15, 0.2) is 28.5 Å². The summed E-state index contributed by atoms with van der Waals surface area (Å²) in [5.41, 5.74) is 0.344. The van der Waals surface area contributed by atoms with Gasteiger partial charge in [0.25, 0.3) is 5.56 Å². The molecule has 6 heteroatoms. The highest BCUT2D eigenvalue weighted by Crippen LogP contribution is 2.31. The topological polar surface area (TPSA) is 46.9 Å². The van der Waals surface area contributed by atoms with Gasteiger partial charge in [0.1, 0.15) is 5.69 Å². The normalized spacial score (nSPS) is 15.9. The summed E-state index contributed by atoms with van der Waals surface area (Å²) >= 11 is 7.86. The van der Waals surface area contributed by atoms with E-state index in [0.717, 1.165) is 6.42 Å². The first-order chi connectivity index (χ1) is 10.2. The van der Waals surface area contributed by atoms with Gasteiger partial charge in [-0.2, -0.15) is 5.10 Å². The number of hydrogen-bond donors (Lipinski definition) is 1. The lowest BCUT2D eigenvalue weighted by Crippen LogP contribution is -2.27. The van der Waals surface area contributed by atoms with Gasteiger partial charge in [0.05, 0.1) is 17.3 Å². The number of anilines is 1. The van der Waals surface area contributed by atoms with E-state index < -0.39 is 0 Å². The maximum atomic E-state index is 12.5. The molecule has 1 N–H and O–H groups in total. The fraction of sp³-hybridized carbons (Fsp3) is 0.467. The zero-order valence-electron chi connectivity index (χ0n) is 11.9. The first kappa shape index (κ1) is 14.6. The summed E-state index contributed by atoms with van der Waals surface area (Å²) in [6.07, 6.45) is 4.83. The Kier molecular flexibility index (Phi) is 4.31. The molecule has 1 atom stereocenters. The van der Waals surface area contributed by atoms with Gasteiger partial charge in [-0.1, -0.05) is 24.6 Å². The maximum absolute atomic E-state index is 12.5. The average Bonchev–Trinajstić information content (AvgIpc) is 3.13. The van der Waals surface area contributed by atoms with Crippen molar-refractivity contribution in [2.75, 3.05) is 5.32 Å². The summed E-state index contributed by atoms with van der Waals surface area (Å²) in [4.78, 5) is 13.7. The lowest BCUT2D eigenvalue weighted by Gasteiger charge is -2.18. The van der Waals surface area contributed by atoms with E-state index in [-0.39, 0.29) is 11.6 Å². The van der Waals surface area contributed by atoms with E-state index >= 15 is 0 Å². The van der Waals surface area contributed by atoms with E-state index in [1.807, 2.05) is 11.4 Å². The van der Waals surface area contributed by atoms with Gasteiger partial charge in [-0.25, -0.2) is 4.68 Å². The highest BCUT2D eigenvalue weighted by Gasteiger charge is 2.24. The van der Waals surface area contributed by atoms with Crippen molar-refractivity contribution in [3.8, 4) is 0 Å². The van der Waals surface area contributed by atoms with Crippen molar-refractivity contribution in [1.82, 2.24) is 9.78 Å². The second kappa shape index (κ2) is 6.20. The van der Waals surface area contributed by atoms with Crippen molar-refractivity contribution < 1.29 is 0 Å². The molecular weight excluding hydrogens is 306 g/mol. The molecule has 1 saturated carbocycles. The number of nitrogens with one attached hydrogen (secondary N) is 1. The van der Waals surface area contributed by atoms with E-state index in [1.165, 1.54) is 22.4 Å². The van der Waals surface area contributed by atoms with Gasteiger partial charge >= 0.3 is 0 Å². The number of thiophene rings is 1. The van der Waals surface area contributed by atoms with E-state index in [1.54, 1.807) is 17.5 Å². The molecule has 112 valence electrons. The molecule has 3 rings (SSSR count). The Morgan fingerprint density at radius 3 is 3.00 bits per heavy atom. The molecule has 0 amide bonds. The van der Waals surface area contributed by atoms with Crippen molar-refractivity contribution in [2.24, 2.45) is 5.92 Å². The molecule has 2 aromatic heterocycles. The van der Waals surface area contributed by atoms with Crippen LogP contribution in [0.25, 0.3) is 0 Å². The molecule has 21 heavy (non-hydrogen) atoms. The summed E-state index contributed by atoms with van der Waals surface area (Å²) in [6, 6.07) is 4.19. The van der Waals surface area contributed by atoms with Crippen molar-refractivity contribution in [1.29, 1.82) is 0 Å². The number of halogens is 1. The largest absolute Gasteiger partial charge is 0.372 e. The third-order valence-electron chi connectivity index (χ3n) is 3.74. The summed E-state index contributed by atoms with van der Waals surface area (Å²) in [5.74, 6) is 0.600. The number of hydrogen-bond acceptors (Lipinski definition) is 4. The molecule has 4 nitrogen and oxygen atoms in total. The zero-order valence-corrected chi connectivity index (χ0v) is 13.5. The Hall–Kier alpha value is -1.33. The zero-order chi connectivity index (χ0) is 14.8. The maximum Gasteiger partial charge on any atom is 0.291 e. The van der Waals surface area contributed by atoms with Gasteiger partial charge in [-0.15, -0.1) is 11.3 Å². The standard InChI is InChI=1S/C15H18ClN3OS/c1-2-12(13-4-3-7-21-13)18-14-11(16)8-17-19(15(14)20)9-10-5-6-10/h3-4,7-8,10,12,18H,2,5-6,9H2,1H3. The second-order valence-electron chi connectivity index (χ2n) is 5.42. The summed E-state index contributed by atoms with van der Waals surface area (Å²) < 4.78 is 1.53. The summed E-state index contributed by atoms with van der Waals surface area (Å²) in [7, 11) is 0. The highest BCUT2D eigenvalue weighted by atomic mass is 35.5. The molecule has 2 heterocycles. The van der Waals surface area contributed by atoms with E-state index in [4.69, 9.17) is 11.6 Å². The Labute approximate surface area is 132 Å². The minimum atomic E-state index is -0.121. The molecule has 0 radical (unpaired) electrons. The van der Waals surface area contributed by atoms with Crippen LogP contribution in [0.3, 0.4) is 0 Å². The predicted octanol–water partition coefficient (Wildman–Crippen LogP) is 3.93. The molecule has 0 aliphatic heterocycles. The predicted molar refractivity (Wildman–Crippen MR) is 87.2 cm³/mol. The molecule has 1 aliphatic carbocycles. The molecule has 1 fully saturated rings. The van der Waals surface area contributed by atoms with Crippen LogP contribution in [0.1, 0.15) is 37.1 Å². The highest BCUT2D eigenvalue weighted by molar-refractivity contribution is 7.10. The van der Waals surface area contributed by atoms with Crippen LogP contribution < -0.4 is 10.9 Å². The van der Waals surface area contributed by atoms with Gasteiger partial charge in [-0.05, 0) is 36.6 Å². The van der Waals surface area contributed by atoms with Gasteiger partial charge in [-0.3, -0.25) is 4.79 Å². The Morgan fingerprint density at radius 2 is 2.38 bits per heavy atom. The third-order valence-corrected chi connectivity index (χ3v) is 5.01. The SMILES string of the molecule is CCC(Nc1c(Cl)cnn(CC2CC2)c1=O)c1cccs1. The minimum Gasteiger partial charge on any atom is -0.372 e. The number of rotatable bonds is 6. The van der Waals surface area contributed by atoms with Crippen molar-refractivity contribution >= 4 is 28.6 Å². The van der Waals surface area contributed by atoms with Crippen molar-refractivity contribution in [2.45, 2.75) is 38.8 Å². The molecule has 2 aromatic rings. The van der Waals surface area contributed by atoms with Crippen LogP contribution in [-0.4, -0.2) is 9.78 Å². The fourth-order valence-electron chi connectivity index (χ4n) is 2.31. The van der Waals surface area contributed by atoms with Crippen LogP contribution in [0, 0.1) is 5.92 Å². The van der Waals surface area contributed by atoms with Gasteiger partial charge in [0.15, 0.2) is 0 Å². The Morgan fingerprint density at radius 1 is 1.57 bits per heavy atom. The number of aromatic nitrogens is 2. The van der Waals surface area contributed by atoms with E-state index in [2.05, 4.69) is 23.4 Å². The van der Waals surface area contributed by atoms with Crippen LogP contribution in [0.2, 0.25) is 5.02 Å². The molecule has 0 bridgehead atoms. The van der Waals surface area contributed by atoms with Gasteiger partial charge in [0.2, 0.25) is 0 Å². The molecule has 0 aromatic carbocycles. The van der Waals surface area contributed by atoms with Crippen molar-refractivity contribution in [3.63, 3.8) is 0 Å². The molecule has 1 aliphatic rings. The second-order valence-corrected chi connectivity index (χ2v) is 6.81. The van der Waals surface area contributed by atoms with Crippen LogP contribution in [0.4, 0.5) is 5.69 Å². The monoisotopic (exact) mass is 323 g/mol. The summed E-state index contributed by atoms with van der Waals surface area (Å²) in [5, 5.41) is 9.89. The minimum absolute atomic E-state index is 0.104. The quantitative estimate of drug-likeness (QED) is 0.876.